The number of benzene rings is 3. The van der Waals surface area contributed by atoms with Gasteiger partial charge in [0.05, 0.1) is 27.4 Å². The predicted octanol–water partition coefficient (Wildman–Crippen LogP) is 4.57. The first-order chi connectivity index (χ1) is 18.2. The first-order valence-electron chi connectivity index (χ1n) is 11.9. The number of piperazine rings is 1. The minimum Gasteiger partial charge on any atom is -0.494 e. The van der Waals surface area contributed by atoms with Crippen LogP contribution in [0.4, 0.5) is 17.1 Å². The van der Waals surface area contributed by atoms with Gasteiger partial charge in [0.15, 0.2) is 5.88 Å². The molecule has 1 aromatic heterocycles. The molecule has 0 spiro atoms. The van der Waals surface area contributed by atoms with E-state index in [0.717, 1.165) is 13.1 Å². The van der Waals surface area contributed by atoms with E-state index >= 15 is 0 Å². The lowest BCUT2D eigenvalue weighted by molar-refractivity contribution is -0.383. The van der Waals surface area contributed by atoms with Gasteiger partial charge < -0.3 is 25.6 Å². The van der Waals surface area contributed by atoms with Crippen LogP contribution >= 0.6 is 11.6 Å². The zero-order chi connectivity index (χ0) is 27.0. The number of nitrogens with zero attached hydrogens (tertiary/aromatic N) is 4. The van der Waals surface area contributed by atoms with E-state index in [-0.39, 0.29) is 28.9 Å². The van der Waals surface area contributed by atoms with Gasteiger partial charge >= 0.3 is 0 Å². The van der Waals surface area contributed by atoms with E-state index in [1.54, 1.807) is 48.5 Å². The van der Waals surface area contributed by atoms with Gasteiger partial charge in [-0.2, -0.15) is 0 Å². The number of carbonyl (C=O) groups excluding carboxylic acids is 1. The zero-order valence-corrected chi connectivity index (χ0v) is 21.3. The molecule has 38 heavy (non-hydrogen) atoms. The van der Waals surface area contributed by atoms with Crippen molar-refractivity contribution in [1.29, 1.82) is 0 Å². The third-order valence-electron chi connectivity index (χ3n) is 6.62. The number of carbonyl (C=O) groups is 1. The van der Waals surface area contributed by atoms with E-state index in [1.165, 1.54) is 12.1 Å². The number of nitrogens with two attached hydrogens (primary N) is 1. The molecule has 1 amide bonds. The number of halogens is 1. The molecule has 0 radical (unpaired) electrons. The summed E-state index contributed by atoms with van der Waals surface area (Å²) in [5.74, 6) is -0.212. The molecule has 10 nitrogen and oxygen atoms in total. The van der Waals surface area contributed by atoms with E-state index in [4.69, 9.17) is 22.3 Å². The third kappa shape index (κ3) is 4.91. The van der Waals surface area contributed by atoms with Crippen molar-refractivity contribution >= 4 is 51.2 Å². The standard InChI is InChI=1S/C27H25ClN6O4/c1-32-10-12-33(13-11-32)27(36)16-2-6-19(7-3-16)30-25(17-4-9-21(29)23(14-17)34(37)38)24-20-8-5-18(28)15-22(20)31-26(24)35/h2-9,14-15,31,35H,10-13,29H2,1H3. The Morgan fingerprint density at radius 3 is 2.42 bits per heavy atom. The molecule has 1 aliphatic heterocycles. The van der Waals surface area contributed by atoms with E-state index in [1.807, 2.05) is 11.9 Å². The Kier molecular flexibility index (Phi) is 6.75. The van der Waals surface area contributed by atoms with Gasteiger partial charge in [0.1, 0.15) is 5.69 Å². The Morgan fingerprint density at radius 1 is 1.05 bits per heavy atom. The smallest absolute Gasteiger partial charge is 0.292 e. The number of anilines is 1. The van der Waals surface area contributed by atoms with Crippen molar-refractivity contribution < 1.29 is 14.8 Å². The van der Waals surface area contributed by atoms with Gasteiger partial charge in [-0.25, -0.2) is 4.99 Å². The quantitative estimate of drug-likeness (QED) is 0.149. The number of hydrogen-bond acceptors (Lipinski definition) is 7. The number of fused-ring (bicyclic) bond motifs is 1. The number of aromatic amines is 1. The van der Waals surface area contributed by atoms with Crippen LogP contribution in [0.15, 0.2) is 65.7 Å². The number of nitro groups is 1. The lowest BCUT2D eigenvalue weighted by Crippen LogP contribution is -2.47. The second-order valence-corrected chi connectivity index (χ2v) is 9.61. The number of rotatable bonds is 5. The largest absolute Gasteiger partial charge is 0.494 e. The van der Waals surface area contributed by atoms with Crippen molar-refractivity contribution in [2.45, 2.75) is 0 Å². The zero-order valence-electron chi connectivity index (χ0n) is 20.5. The molecule has 2 heterocycles. The van der Waals surface area contributed by atoms with Crippen molar-refractivity contribution in [1.82, 2.24) is 14.8 Å². The fourth-order valence-corrected chi connectivity index (χ4v) is 4.68. The summed E-state index contributed by atoms with van der Waals surface area (Å²) in [6.07, 6.45) is 0. The SMILES string of the molecule is CN1CCN(C(=O)c2ccc(N=C(c3ccc(N)c([N+](=O)[O-])c3)c3c(O)[nH]c4cc(Cl)ccc34)cc2)CC1. The number of aromatic nitrogens is 1. The van der Waals surface area contributed by atoms with Crippen LogP contribution in [-0.4, -0.2) is 69.7 Å². The van der Waals surface area contributed by atoms with Crippen LogP contribution in [0, 0.1) is 10.1 Å². The average Bonchev–Trinajstić information content (AvgIpc) is 3.22. The lowest BCUT2D eigenvalue weighted by Gasteiger charge is -2.32. The normalized spacial score (nSPS) is 14.7. The number of nitro benzene ring substituents is 1. The fraction of sp³-hybridized carbons (Fsp3) is 0.185. The molecule has 1 aliphatic rings. The van der Waals surface area contributed by atoms with Crippen LogP contribution in [0.1, 0.15) is 21.5 Å². The van der Waals surface area contributed by atoms with E-state index < -0.39 is 4.92 Å². The number of H-pyrrole nitrogens is 1. The maximum Gasteiger partial charge on any atom is 0.292 e. The lowest BCUT2D eigenvalue weighted by atomic mass is 9.99. The summed E-state index contributed by atoms with van der Waals surface area (Å²) in [5, 5.41) is 23.6. The van der Waals surface area contributed by atoms with Crippen molar-refractivity contribution in [3.05, 3.63) is 92.5 Å². The first-order valence-corrected chi connectivity index (χ1v) is 12.3. The number of nitrogen functional groups attached to an aromatic ring is 1. The van der Waals surface area contributed by atoms with Gasteiger partial charge in [0.25, 0.3) is 11.6 Å². The Morgan fingerprint density at radius 2 is 1.74 bits per heavy atom. The number of likely N-dealkylation sites (N-methyl/N-ethyl adjacent to an activating group) is 1. The van der Waals surface area contributed by atoms with Crippen molar-refractivity contribution in [3.8, 4) is 5.88 Å². The van der Waals surface area contributed by atoms with Crippen molar-refractivity contribution in [2.24, 2.45) is 4.99 Å². The van der Waals surface area contributed by atoms with Crippen LogP contribution < -0.4 is 5.73 Å². The van der Waals surface area contributed by atoms with E-state index in [0.29, 0.717) is 51.4 Å². The molecule has 5 rings (SSSR count). The molecule has 4 N–H and O–H groups in total. The number of aromatic hydroxyl groups is 1. The van der Waals surface area contributed by atoms with Gasteiger partial charge in [-0.3, -0.25) is 14.9 Å². The molecule has 0 aliphatic carbocycles. The molecule has 11 heteroatoms. The number of hydrogen-bond donors (Lipinski definition) is 3. The summed E-state index contributed by atoms with van der Waals surface area (Å²) in [7, 11) is 2.03. The van der Waals surface area contributed by atoms with Crippen LogP contribution in [0.3, 0.4) is 0 Å². The van der Waals surface area contributed by atoms with Gasteiger partial charge in [-0.15, -0.1) is 0 Å². The molecular formula is C27H25ClN6O4. The third-order valence-corrected chi connectivity index (χ3v) is 6.86. The van der Waals surface area contributed by atoms with Crippen molar-refractivity contribution in [3.63, 3.8) is 0 Å². The highest BCUT2D eigenvalue weighted by Crippen LogP contribution is 2.34. The Labute approximate surface area is 223 Å². The van der Waals surface area contributed by atoms with Gasteiger partial charge in [0.2, 0.25) is 0 Å². The highest BCUT2D eigenvalue weighted by atomic mass is 35.5. The van der Waals surface area contributed by atoms with E-state index in [9.17, 15) is 20.0 Å². The van der Waals surface area contributed by atoms with Crippen LogP contribution in [0.2, 0.25) is 5.02 Å². The minimum atomic E-state index is -0.565. The summed E-state index contributed by atoms with van der Waals surface area (Å²) in [6.45, 7) is 2.98. The molecule has 194 valence electrons. The number of amides is 1. The first kappa shape index (κ1) is 25.2. The highest BCUT2D eigenvalue weighted by molar-refractivity contribution is 6.31. The molecule has 3 aromatic carbocycles. The number of aliphatic imine (C=N–C) groups is 1. The van der Waals surface area contributed by atoms with Gasteiger partial charge in [0, 0.05) is 53.8 Å². The molecule has 0 atom stereocenters. The second-order valence-electron chi connectivity index (χ2n) is 9.17. The average molecular weight is 533 g/mol. The summed E-state index contributed by atoms with van der Waals surface area (Å²) >= 11 is 6.13. The molecule has 1 saturated heterocycles. The number of nitrogens with one attached hydrogen (secondary N) is 1. The van der Waals surface area contributed by atoms with E-state index in [2.05, 4.69) is 9.88 Å². The fourth-order valence-electron chi connectivity index (χ4n) is 4.51. The summed E-state index contributed by atoms with van der Waals surface area (Å²) in [6, 6.07) is 16.3. The molecule has 4 aromatic rings. The monoisotopic (exact) mass is 532 g/mol. The summed E-state index contributed by atoms with van der Waals surface area (Å²) in [5.41, 5.74) is 8.21. The Hall–Kier alpha value is -4.41. The molecule has 1 fully saturated rings. The Bertz CT molecular complexity index is 1570. The van der Waals surface area contributed by atoms with Crippen LogP contribution in [0.25, 0.3) is 10.9 Å². The molecule has 0 saturated carbocycles. The van der Waals surface area contributed by atoms with Crippen LogP contribution in [-0.2, 0) is 0 Å². The maximum atomic E-state index is 12.9. The maximum absolute atomic E-state index is 12.9. The molecular weight excluding hydrogens is 508 g/mol. The molecule has 0 unspecified atom stereocenters. The minimum absolute atomic E-state index is 0.0137. The topological polar surface area (TPSA) is 141 Å². The van der Waals surface area contributed by atoms with Crippen molar-refractivity contribution in [2.75, 3.05) is 39.0 Å². The van der Waals surface area contributed by atoms with Gasteiger partial charge in [-0.1, -0.05) is 23.7 Å². The van der Waals surface area contributed by atoms with Gasteiger partial charge in [-0.05, 0) is 49.5 Å². The second kappa shape index (κ2) is 10.2. The highest BCUT2D eigenvalue weighted by Gasteiger charge is 2.23. The predicted molar refractivity (Wildman–Crippen MR) is 148 cm³/mol. The van der Waals surface area contributed by atoms with Crippen LogP contribution in [0.5, 0.6) is 5.88 Å². The molecule has 0 bridgehead atoms. The summed E-state index contributed by atoms with van der Waals surface area (Å²) < 4.78 is 0. The Balaban J connectivity index is 1.59. The summed E-state index contributed by atoms with van der Waals surface area (Å²) in [4.78, 5) is 35.6.